The number of nitrogens with two attached hydrogens (primary N) is 2. The molecule has 0 aliphatic carbocycles. The van der Waals surface area contributed by atoms with E-state index in [2.05, 4.69) is 36.2 Å². The van der Waals surface area contributed by atoms with Crippen molar-refractivity contribution >= 4 is 93.4 Å². The van der Waals surface area contributed by atoms with E-state index in [9.17, 15) is 9.59 Å². The van der Waals surface area contributed by atoms with E-state index >= 15 is 0 Å². The highest BCUT2D eigenvalue weighted by molar-refractivity contribution is 9.10. The molecule has 0 saturated carbocycles. The van der Waals surface area contributed by atoms with Gasteiger partial charge < -0.3 is 21.2 Å². The molecule has 0 radical (unpaired) electrons. The summed E-state index contributed by atoms with van der Waals surface area (Å²) in [6.07, 6.45) is 6.96. The average molecular weight is 644 g/mol. The lowest BCUT2D eigenvalue weighted by atomic mass is 10.0. The van der Waals surface area contributed by atoms with Gasteiger partial charge in [-0.1, -0.05) is 24.3 Å². The van der Waals surface area contributed by atoms with E-state index in [0.717, 1.165) is 52.6 Å². The van der Waals surface area contributed by atoms with Crippen molar-refractivity contribution in [1.29, 1.82) is 0 Å². The fourth-order valence-corrected chi connectivity index (χ4v) is 6.53. The molecule has 5 aromatic heterocycles. The van der Waals surface area contributed by atoms with E-state index in [1.165, 1.54) is 22.7 Å². The number of hydrogen-bond acceptors (Lipinski definition) is 9. The van der Waals surface area contributed by atoms with Gasteiger partial charge in [-0.25, -0.2) is 0 Å². The van der Waals surface area contributed by atoms with Gasteiger partial charge in [-0.15, -0.1) is 22.7 Å². The van der Waals surface area contributed by atoms with Crippen molar-refractivity contribution in [2.45, 2.75) is 0 Å². The van der Waals surface area contributed by atoms with E-state index in [1.807, 2.05) is 54.6 Å². The summed E-state index contributed by atoms with van der Waals surface area (Å²) in [6.45, 7) is 0. The Hall–Kier alpha value is -4.65. The lowest BCUT2D eigenvalue weighted by Gasteiger charge is -2.06. The van der Waals surface area contributed by atoms with E-state index in [1.54, 1.807) is 30.9 Å². The zero-order chi connectivity index (χ0) is 28.5. The third-order valence-corrected chi connectivity index (χ3v) is 8.87. The molecule has 12 heteroatoms. The van der Waals surface area contributed by atoms with E-state index in [4.69, 9.17) is 15.9 Å². The maximum Gasteiger partial charge on any atom is 0.300 e. The quantitative estimate of drug-likeness (QED) is 0.181. The maximum absolute atomic E-state index is 11.5. The van der Waals surface area contributed by atoms with Crippen LogP contribution in [0.4, 0.5) is 11.7 Å². The second-order valence-corrected chi connectivity index (χ2v) is 11.8. The minimum Gasteiger partial charge on any atom is -0.423 e. The molecule has 0 bridgehead atoms. The topological polar surface area (TPSA) is 150 Å². The Kier molecular flexibility index (Phi) is 7.18. The Morgan fingerprint density at radius 3 is 2.10 bits per heavy atom. The molecule has 0 spiro atoms. The van der Waals surface area contributed by atoms with Crippen LogP contribution in [0.2, 0.25) is 0 Å². The summed E-state index contributed by atoms with van der Waals surface area (Å²) < 4.78 is 8.47. The predicted molar refractivity (Wildman–Crippen MR) is 167 cm³/mol. The standard InChI is InChI=1S/C21H14N4O2S.C8H5BrN2OS/c22-20(26)18-9-14-15(10-23-11-19(14)28-18)12-5-7-13(8-6-12)24-21-25-16-3-1-2-4-17(16)27-21;9-5-2-11-3-7-4(5)1-6(13-7)8(10)12/h1-11H,(H2,22,26)(H,24,25);1-3H,(H2,10,12). The van der Waals surface area contributed by atoms with Crippen LogP contribution in [0.15, 0.2) is 94.3 Å². The number of pyridine rings is 2. The maximum atomic E-state index is 11.5. The van der Waals surface area contributed by atoms with Crippen LogP contribution in [0.3, 0.4) is 0 Å². The van der Waals surface area contributed by atoms with Crippen LogP contribution in [0, 0.1) is 0 Å². The number of primary amides is 2. The third kappa shape index (κ3) is 5.53. The SMILES string of the molecule is NC(=O)c1cc2c(-c3ccc(Nc4nc5ccccc5o4)cc3)cncc2s1.NC(=O)c1cc2c(Br)cncc2s1. The monoisotopic (exact) mass is 642 g/mol. The fourth-order valence-electron chi connectivity index (χ4n) is 4.14. The number of halogens is 1. The van der Waals surface area contributed by atoms with Crippen LogP contribution in [0.1, 0.15) is 19.3 Å². The van der Waals surface area contributed by atoms with Gasteiger partial charge in [0.1, 0.15) is 5.52 Å². The molecule has 7 aromatic rings. The largest absolute Gasteiger partial charge is 0.423 e. The molecular formula is C29H19BrN6O3S2. The lowest BCUT2D eigenvalue weighted by molar-refractivity contribution is 0.0995. The molecule has 9 nitrogen and oxygen atoms in total. The fraction of sp³-hybridized carbons (Fsp3) is 0. The molecule has 0 saturated heterocycles. The highest BCUT2D eigenvalue weighted by Crippen LogP contribution is 2.34. The Bertz CT molecular complexity index is 2030. The highest BCUT2D eigenvalue weighted by atomic mass is 79.9. The molecule has 202 valence electrons. The van der Waals surface area contributed by atoms with Crippen molar-refractivity contribution in [3.05, 3.63) is 99.7 Å². The lowest BCUT2D eigenvalue weighted by Crippen LogP contribution is -2.08. The van der Waals surface area contributed by atoms with Crippen LogP contribution in [0.25, 0.3) is 42.4 Å². The first-order chi connectivity index (χ1) is 19.9. The number of benzene rings is 2. The third-order valence-electron chi connectivity index (χ3n) is 6.07. The number of para-hydroxylation sites is 2. The smallest absolute Gasteiger partial charge is 0.300 e. The summed E-state index contributed by atoms with van der Waals surface area (Å²) in [4.78, 5) is 36.2. The van der Waals surface area contributed by atoms with Gasteiger partial charge in [-0.3, -0.25) is 19.6 Å². The average Bonchev–Trinajstić information content (AvgIpc) is 3.70. The van der Waals surface area contributed by atoms with Crippen molar-refractivity contribution in [2.75, 3.05) is 5.32 Å². The number of carbonyl (C=O) groups is 2. The number of carbonyl (C=O) groups excluding carboxylic acids is 2. The molecule has 2 amide bonds. The van der Waals surface area contributed by atoms with Gasteiger partial charge in [0.05, 0.1) is 19.2 Å². The highest BCUT2D eigenvalue weighted by Gasteiger charge is 2.12. The summed E-state index contributed by atoms with van der Waals surface area (Å²) in [5, 5.41) is 5.12. The first-order valence-corrected chi connectivity index (χ1v) is 14.5. The number of nitrogens with one attached hydrogen (secondary N) is 1. The minimum atomic E-state index is -0.426. The molecule has 2 aromatic carbocycles. The second kappa shape index (κ2) is 11.1. The van der Waals surface area contributed by atoms with Crippen molar-refractivity contribution in [3.8, 4) is 11.1 Å². The Morgan fingerprint density at radius 1 is 0.805 bits per heavy atom. The van der Waals surface area contributed by atoms with Crippen molar-refractivity contribution in [3.63, 3.8) is 0 Å². The summed E-state index contributed by atoms with van der Waals surface area (Å²) in [5.74, 6) is -0.821. The number of aromatic nitrogens is 3. The first-order valence-electron chi connectivity index (χ1n) is 12.1. The van der Waals surface area contributed by atoms with Crippen LogP contribution in [0.5, 0.6) is 0 Å². The van der Waals surface area contributed by atoms with Crippen molar-refractivity contribution < 1.29 is 14.0 Å². The normalized spacial score (nSPS) is 11.0. The van der Waals surface area contributed by atoms with E-state index < -0.39 is 11.8 Å². The van der Waals surface area contributed by atoms with Crippen LogP contribution >= 0.6 is 38.6 Å². The van der Waals surface area contributed by atoms with Gasteiger partial charge in [0, 0.05) is 51.3 Å². The van der Waals surface area contributed by atoms with E-state index in [0.29, 0.717) is 15.8 Å². The number of amides is 2. The number of nitrogens with zero attached hydrogens (tertiary/aromatic N) is 3. The molecule has 7 rings (SSSR count). The molecule has 0 atom stereocenters. The molecule has 0 aliphatic heterocycles. The summed E-state index contributed by atoms with van der Waals surface area (Å²) >= 11 is 6.05. The molecule has 0 aliphatic rings. The summed E-state index contributed by atoms with van der Waals surface area (Å²) in [6, 6.07) is 19.5. The van der Waals surface area contributed by atoms with Crippen LogP contribution in [-0.4, -0.2) is 26.8 Å². The molecule has 0 unspecified atom stereocenters. The zero-order valence-corrected chi connectivity index (χ0v) is 24.2. The second-order valence-electron chi connectivity index (χ2n) is 8.77. The summed E-state index contributed by atoms with van der Waals surface area (Å²) in [7, 11) is 0. The number of rotatable bonds is 5. The number of hydrogen-bond donors (Lipinski definition) is 3. The van der Waals surface area contributed by atoms with Gasteiger partial charge >= 0.3 is 0 Å². The molecule has 41 heavy (non-hydrogen) atoms. The first kappa shape index (κ1) is 26.6. The Labute approximate surface area is 249 Å². The van der Waals surface area contributed by atoms with Gasteiger partial charge in [0.2, 0.25) is 0 Å². The number of anilines is 2. The van der Waals surface area contributed by atoms with Gasteiger partial charge in [0.25, 0.3) is 17.8 Å². The van der Waals surface area contributed by atoms with Crippen LogP contribution < -0.4 is 16.8 Å². The predicted octanol–water partition coefficient (Wildman–Crippen LogP) is 7.10. The van der Waals surface area contributed by atoms with Gasteiger partial charge in [0.15, 0.2) is 5.58 Å². The van der Waals surface area contributed by atoms with Gasteiger partial charge in [-0.05, 0) is 57.9 Å². The number of thiophene rings is 2. The minimum absolute atomic E-state index is 0.395. The number of oxazole rings is 1. The van der Waals surface area contributed by atoms with Crippen molar-refractivity contribution in [2.24, 2.45) is 11.5 Å². The number of fused-ring (bicyclic) bond motifs is 3. The molecule has 0 fully saturated rings. The van der Waals surface area contributed by atoms with Crippen molar-refractivity contribution in [1.82, 2.24) is 15.0 Å². The molecular weight excluding hydrogens is 624 g/mol. The Morgan fingerprint density at radius 2 is 1.44 bits per heavy atom. The zero-order valence-electron chi connectivity index (χ0n) is 21.0. The summed E-state index contributed by atoms with van der Waals surface area (Å²) in [5.41, 5.74) is 14.9. The molecule has 5 N–H and O–H groups in total. The van der Waals surface area contributed by atoms with Gasteiger partial charge in [-0.2, -0.15) is 4.98 Å². The molecule has 5 heterocycles. The Balaban J connectivity index is 0.000000195. The van der Waals surface area contributed by atoms with Crippen LogP contribution in [-0.2, 0) is 0 Å². The van der Waals surface area contributed by atoms with E-state index in [-0.39, 0.29) is 0 Å².